The molecule has 5 heteroatoms. The molecule has 0 radical (unpaired) electrons. The Hall–Kier alpha value is -3.21. The number of anilines is 2. The lowest BCUT2D eigenvalue weighted by Crippen LogP contribution is -2.31. The molecular weight excluding hydrogens is 352 g/mol. The maximum atomic E-state index is 12.9. The highest BCUT2D eigenvalue weighted by Gasteiger charge is 2.50. The second-order valence-electron chi connectivity index (χ2n) is 7.48. The van der Waals surface area contributed by atoms with Gasteiger partial charge in [0.25, 0.3) is 5.91 Å². The lowest BCUT2D eigenvalue weighted by atomic mass is 9.78. The van der Waals surface area contributed by atoms with E-state index in [2.05, 4.69) is 5.32 Å². The molecule has 3 atom stereocenters. The standard InChI is InChI=1S/C23H22N2O3/c1-14-6-3-4-9-19(14)24-21(26)16-10-12-17(13-11-16)25-22(27)18-8-5-7-15(2)20(18)23(25)28/h3-7,9-13,15,18,20H,8H2,1-2H3,(H,24,26). The molecule has 1 fully saturated rings. The van der Waals surface area contributed by atoms with Crippen molar-refractivity contribution in [1.82, 2.24) is 0 Å². The van der Waals surface area contributed by atoms with Gasteiger partial charge in [0, 0.05) is 11.3 Å². The summed E-state index contributed by atoms with van der Waals surface area (Å²) in [7, 11) is 0. The number of hydrogen-bond donors (Lipinski definition) is 1. The molecule has 2 aliphatic rings. The van der Waals surface area contributed by atoms with Crippen molar-refractivity contribution in [2.45, 2.75) is 20.3 Å². The van der Waals surface area contributed by atoms with E-state index in [1.807, 2.05) is 50.3 Å². The first-order chi connectivity index (χ1) is 13.5. The van der Waals surface area contributed by atoms with Gasteiger partial charge in [0.05, 0.1) is 17.5 Å². The number of rotatable bonds is 3. The number of allylic oxidation sites excluding steroid dienone is 2. The number of nitrogens with one attached hydrogen (secondary N) is 1. The molecule has 1 N–H and O–H groups in total. The molecule has 0 bridgehead atoms. The zero-order chi connectivity index (χ0) is 19.8. The van der Waals surface area contributed by atoms with Crippen LogP contribution in [0.4, 0.5) is 11.4 Å². The average Bonchev–Trinajstić information content (AvgIpc) is 2.95. The van der Waals surface area contributed by atoms with Crippen LogP contribution in [0.15, 0.2) is 60.7 Å². The first-order valence-corrected chi connectivity index (χ1v) is 9.49. The van der Waals surface area contributed by atoms with Crippen LogP contribution in [0, 0.1) is 24.7 Å². The van der Waals surface area contributed by atoms with Crippen molar-refractivity contribution in [1.29, 1.82) is 0 Å². The van der Waals surface area contributed by atoms with E-state index in [1.54, 1.807) is 24.3 Å². The number of benzene rings is 2. The van der Waals surface area contributed by atoms with Crippen LogP contribution < -0.4 is 10.2 Å². The van der Waals surface area contributed by atoms with E-state index < -0.39 is 0 Å². The number of imide groups is 1. The maximum Gasteiger partial charge on any atom is 0.255 e. The number of carbonyl (C=O) groups excluding carboxylic acids is 3. The molecule has 1 saturated heterocycles. The number of para-hydroxylation sites is 1. The van der Waals surface area contributed by atoms with Crippen molar-refractivity contribution in [3.8, 4) is 0 Å². The fourth-order valence-electron chi connectivity index (χ4n) is 4.07. The van der Waals surface area contributed by atoms with E-state index in [1.165, 1.54) is 4.90 Å². The van der Waals surface area contributed by atoms with Gasteiger partial charge < -0.3 is 5.32 Å². The molecule has 0 spiro atoms. The lowest BCUT2D eigenvalue weighted by Gasteiger charge is -2.22. The van der Waals surface area contributed by atoms with Gasteiger partial charge in [-0.15, -0.1) is 0 Å². The Morgan fingerprint density at radius 2 is 1.75 bits per heavy atom. The molecule has 1 heterocycles. The van der Waals surface area contributed by atoms with Crippen molar-refractivity contribution in [2.24, 2.45) is 17.8 Å². The SMILES string of the molecule is Cc1ccccc1NC(=O)c1ccc(N2C(=O)C3CC=CC(C)C3C2=O)cc1. The summed E-state index contributed by atoms with van der Waals surface area (Å²) < 4.78 is 0. The van der Waals surface area contributed by atoms with E-state index in [9.17, 15) is 14.4 Å². The third kappa shape index (κ3) is 3.03. The summed E-state index contributed by atoms with van der Waals surface area (Å²) in [6.07, 6.45) is 4.60. The molecule has 5 nitrogen and oxygen atoms in total. The minimum atomic E-state index is -0.290. The molecule has 2 aromatic carbocycles. The summed E-state index contributed by atoms with van der Waals surface area (Å²) in [6, 6.07) is 14.2. The number of amides is 3. The maximum absolute atomic E-state index is 12.9. The first-order valence-electron chi connectivity index (χ1n) is 9.49. The Labute approximate surface area is 164 Å². The largest absolute Gasteiger partial charge is 0.322 e. The summed E-state index contributed by atoms with van der Waals surface area (Å²) in [6.45, 7) is 3.90. The molecule has 3 amide bonds. The topological polar surface area (TPSA) is 66.5 Å². The number of fused-ring (bicyclic) bond motifs is 1. The van der Waals surface area contributed by atoms with Crippen LogP contribution in [0.25, 0.3) is 0 Å². The number of nitrogens with zero attached hydrogens (tertiary/aromatic N) is 1. The van der Waals surface area contributed by atoms with Crippen LogP contribution in [0.2, 0.25) is 0 Å². The minimum absolute atomic E-state index is 0.0550. The van der Waals surface area contributed by atoms with Crippen LogP contribution in [-0.2, 0) is 9.59 Å². The normalized spacial score (nSPS) is 23.6. The fraction of sp³-hybridized carbons (Fsp3) is 0.261. The highest BCUT2D eigenvalue weighted by molar-refractivity contribution is 6.22. The number of hydrogen-bond acceptors (Lipinski definition) is 3. The highest BCUT2D eigenvalue weighted by atomic mass is 16.2. The van der Waals surface area contributed by atoms with E-state index >= 15 is 0 Å². The average molecular weight is 374 g/mol. The second kappa shape index (κ2) is 7.08. The third-order valence-corrected chi connectivity index (χ3v) is 5.65. The van der Waals surface area contributed by atoms with Gasteiger partial charge in [-0.2, -0.15) is 0 Å². The molecule has 2 aromatic rings. The summed E-state index contributed by atoms with van der Waals surface area (Å²) in [4.78, 5) is 39.4. The highest BCUT2D eigenvalue weighted by Crippen LogP contribution is 2.40. The monoisotopic (exact) mass is 374 g/mol. The summed E-state index contributed by atoms with van der Waals surface area (Å²) in [5.74, 6) is -1.05. The quantitative estimate of drug-likeness (QED) is 0.653. The predicted molar refractivity (Wildman–Crippen MR) is 108 cm³/mol. The fourth-order valence-corrected chi connectivity index (χ4v) is 4.07. The van der Waals surface area contributed by atoms with Gasteiger partial charge in [0.1, 0.15) is 0 Å². The Balaban J connectivity index is 1.54. The molecule has 0 aromatic heterocycles. The Morgan fingerprint density at radius 1 is 1.04 bits per heavy atom. The molecule has 4 rings (SSSR count). The first kappa shape index (κ1) is 18.2. The van der Waals surface area contributed by atoms with Gasteiger partial charge in [0.2, 0.25) is 11.8 Å². The second-order valence-corrected chi connectivity index (χ2v) is 7.48. The van der Waals surface area contributed by atoms with Gasteiger partial charge in [0.15, 0.2) is 0 Å². The summed E-state index contributed by atoms with van der Waals surface area (Å²) in [5.41, 5.74) is 2.72. The van der Waals surface area contributed by atoms with Crippen LogP contribution in [-0.4, -0.2) is 17.7 Å². The molecule has 28 heavy (non-hydrogen) atoms. The van der Waals surface area contributed by atoms with Crippen molar-refractivity contribution in [3.05, 3.63) is 71.8 Å². The summed E-state index contributed by atoms with van der Waals surface area (Å²) >= 11 is 0. The smallest absolute Gasteiger partial charge is 0.255 e. The molecule has 1 aliphatic heterocycles. The molecule has 142 valence electrons. The minimum Gasteiger partial charge on any atom is -0.322 e. The van der Waals surface area contributed by atoms with Crippen molar-refractivity contribution in [3.63, 3.8) is 0 Å². The van der Waals surface area contributed by atoms with Crippen molar-refractivity contribution < 1.29 is 14.4 Å². The van der Waals surface area contributed by atoms with Gasteiger partial charge in [-0.25, -0.2) is 0 Å². The van der Waals surface area contributed by atoms with Gasteiger partial charge in [-0.1, -0.05) is 37.3 Å². The number of aryl methyl sites for hydroxylation is 1. The third-order valence-electron chi connectivity index (χ3n) is 5.65. The lowest BCUT2D eigenvalue weighted by molar-refractivity contribution is -0.122. The van der Waals surface area contributed by atoms with Crippen LogP contribution >= 0.6 is 0 Å². The van der Waals surface area contributed by atoms with E-state index in [4.69, 9.17) is 0 Å². The van der Waals surface area contributed by atoms with E-state index in [-0.39, 0.29) is 35.5 Å². The van der Waals surface area contributed by atoms with Gasteiger partial charge >= 0.3 is 0 Å². The zero-order valence-electron chi connectivity index (χ0n) is 15.9. The summed E-state index contributed by atoms with van der Waals surface area (Å²) in [5, 5.41) is 2.88. The van der Waals surface area contributed by atoms with Crippen LogP contribution in [0.1, 0.15) is 29.3 Å². The molecule has 1 aliphatic carbocycles. The van der Waals surface area contributed by atoms with E-state index in [0.29, 0.717) is 17.7 Å². The van der Waals surface area contributed by atoms with Crippen molar-refractivity contribution >= 4 is 29.1 Å². The number of carbonyl (C=O) groups is 3. The Morgan fingerprint density at radius 3 is 2.43 bits per heavy atom. The van der Waals surface area contributed by atoms with Crippen LogP contribution in [0.3, 0.4) is 0 Å². The van der Waals surface area contributed by atoms with Crippen LogP contribution in [0.5, 0.6) is 0 Å². The Kier molecular flexibility index (Phi) is 4.59. The van der Waals surface area contributed by atoms with Gasteiger partial charge in [-0.3, -0.25) is 19.3 Å². The predicted octanol–water partition coefficient (Wildman–Crippen LogP) is 3.95. The van der Waals surface area contributed by atoms with Crippen molar-refractivity contribution in [2.75, 3.05) is 10.2 Å². The Bertz CT molecular complexity index is 978. The zero-order valence-corrected chi connectivity index (χ0v) is 15.9. The van der Waals surface area contributed by atoms with Gasteiger partial charge in [-0.05, 0) is 55.2 Å². The molecular formula is C23H22N2O3. The van der Waals surface area contributed by atoms with E-state index in [0.717, 1.165) is 11.3 Å². The molecule has 0 saturated carbocycles. The molecule has 3 unspecified atom stereocenters.